The monoisotopic (exact) mass is 285 g/mol. The number of ether oxygens (including phenoxy) is 1. The maximum atomic E-state index is 11.7. The smallest absolute Gasteiger partial charge is 0.307 e. The van der Waals surface area contributed by atoms with Gasteiger partial charge in [0.15, 0.2) is 0 Å². The number of allylic oxidation sites excluding steroid dienone is 1. The zero-order valence-electron chi connectivity index (χ0n) is 11.5. The van der Waals surface area contributed by atoms with Crippen molar-refractivity contribution in [1.82, 2.24) is 5.32 Å². The molecule has 19 heavy (non-hydrogen) atoms. The van der Waals surface area contributed by atoms with E-state index in [1.165, 1.54) is 12.8 Å². The van der Waals surface area contributed by atoms with Gasteiger partial charge in [-0.15, -0.1) is 11.8 Å². The molecule has 0 radical (unpaired) electrons. The molecule has 1 rings (SSSR count). The number of esters is 1. The SMILES string of the molecule is CCOC(=O)CCNC(=O)CC1CCCC/C=C/S1. The van der Waals surface area contributed by atoms with Crippen molar-refractivity contribution in [2.45, 2.75) is 50.7 Å². The first-order valence-electron chi connectivity index (χ1n) is 6.95. The third-order valence-electron chi connectivity index (χ3n) is 2.88. The molecule has 0 aromatic carbocycles. The van der Waals surface area contributed by atoms with Crippen LogP contribution in [0.25, 0.3) is 0 Å². The predicted molar refractivity (Wildman–Crippen MR) is 77.9 cm³/mol. The van der Waals surface area contributed by atoms with Crippen LogP contribution in [0.15, 0.2) is 11.5 Å². The predicted octanol–water partition coefficient (Wildman–Crippen LogP) is 2.64. The van der Waals surface area contributed by atoms with Crippen LogP contribution in [-0.2, 0) is 14.3 Å². The Morgan fingerprint density at radius 2 is 2.26 bits per heavy atom. The second kappa shape index (κ2) is 9.89. The van der Waals surface area contributed by atoms with E-state index >= 15 is 0 Å². The number of hydrogen-bond donors (Lipinski definition) is 1. The summed E-state index contributed by atoms with van der Waals surface area (Å²) in [5.41, 5.74) is 0. The molecule has 0 aliphatic carbocycles. The molecular formula is C14H23NO3S. The number of hydrogen-bond acceptors (Lipinski definition) is 4. The van der Waals surface area contributed by atoms with Gasteiger partial charge in [0.05, 0.1) is 13.0 Å². The Labute approximate surface area is 119 Å². The minimum absolute atomic E-state index is 0.0239. The summed E-state index contributed by atoms with van der Waals surface area (Å²) in [6, 6.07) is 0. The minimum atomic E-state index is -0.258. The van der Waals surface area contributed by atoms with Gasteiger partial charge in [0.25, 0.3) is 0 Å². The Morgan fingerprint density at radius 1 is 1.42 bits per heavy atom. The van der Waals surface area contributed by atoms with Crippen LogP contribution in [0.5, 0.6) is 0 Å². The fourth-order valence-corrected chi connectivity index (χ4v) is 2.92. The summed E-state index contributed by atoms with van der Waals surface area (Å²) in [5.74, 6) is -0.234. The molecule has 0 spiro atoms. The molecule has 0 aromatic rings. The van der Waals surface area contributed by atoms with Crippen molar-refractivity contribution in [3.05, 3.63) is 11.5 Å². The van der Waals surface area contributed by atoms with Gasteiger partial charge in [-0.1, -0.05) is 12.5 Å². The van der Waals surface area contributed by atoms with E-state index in [0.717, 1.165) is 12.8 Å². The minimum Gasteiger partial charge on any atom is -0.466 e. The van der Waals surface area contributed by atoms with Gasteiger partial charge >= 0.3 is 5.97 Å². The number of carbonyl (C=O) groups excluding carboxylic acids is 2. The number of rotatable bonds is 6. The van der Waals surface area contributed by atoms with Gasteiger partial charge in [-0.05, 0) is 31.6 Å². The average Bonchev–Trinajstić information content (AvgIpc) is 2.33. The summed E-state index contributed by atoms with van der Waals surface area (Å²) in [6.07, 6.45) is 7.56. The lowest BCUT2D eigenvalue weighted by molar-refractivity contribution is -0.143. The quantitative estimate of drug-likeness (QED) is 0.762. The molecule has 4 nitrogen and oxygen atoms in total. The van der Waals surface area contributed by atoms with Crippen molar-refractivity contribution in [3.8, 4) is 0 Å². The first-order valence-corrected chi connectivity index (χ1v) is 7.89. The Kier molecular flexibility index (Phi) is 8.38. The third kappa shape index (κ3) is 7.93. The summed E-state index contributed by atoms with van der Waals surface area (Å²) >= 11 is 1.74. The standard InChI is InChI=1S/C14H23NO3S/c1-2-18-14(17)8-9-15-13(16)11-12-7-5-3-4-6-10-19-12/h6,10,12H,2-5,7-9,11H2,1H3,(H,15,16)/b10-6+. The molecule has 1 heterocycles. The van der Waals surface area contributed by atoms with Gasteiger partial charge in [0.2, 0.25) is 5.91 Å². The highest BCUT2D eigenvalue weighted by Gasteiger charge is 2.14. The Hall–Kier alpha value is -0.970. The molecule has 0 saturated carbocycles. The number of nitrogens with one attached hydrogen (secondary N) is 1. The Balaban J connectivity index is 2.17. The molecule has 1 aliphatic rings. The van der Waals surface area contributed by atoms with E-state index in [-0.39, 0.29) is 18.3 Å². The van der Waals surface area contributed by atoms with Crippen LogP contribution in [-0.4, -0.2) is 30.3 Å². The first-order chi connectivity index (χ1) is 9.22. The Bertz CT molecular complexity index is 318. The Morgan fingerprint density at radius 3 is 3.05 bits per heavy atom. The van der Waals surface area contributed by atoms with Crippen molar-refractivity contribution in [3.63, 3.8) is 0 Å². The fraction of sp³-hybridized carbons (Fsp3) is 0.714. The van der Waals surface area contributed by atoms with Gasteiger partial charge in [-0.2, -0.15) is 0 Å². The van der Waals surface area contributed by atoms with Crippen LogP contribution >= 0.6 is 11.8 Å². The lowest BCUT2D eigenvalue weighted by Crippen LogP contribution is -2.29. The van der Waals surface area contributed by atoms with E-state index in [9.17, 15) is 9.59 Å². The number of thioether (sulfide) groups is 1. The topological polar surface area (TPSA) is 55.4 Å². The van der Waals surface area contributed by atoms with E-state index in [0.29, 0.717) is 24.8 Å². The number of carbonyl (C=O) groups is 2. The molecule has 1 atom stereocenters. The lowest BCUT2D eigenvalue weighted by atomic mass is 10.1. The summed E-state index contributed by atoms with van der Waals surface area (Å²) in [5, 5.41) is 5.25. The number of amides is 1. The summed E-state index contributed by atoms with van der Waals surface area (Å²) in [6.45, 7) is 2.53. The van der Waals surface area contributed by atoms with Gasteiger partial charge in [-0.3, -0.25) is 9.59 Å². The van der Waals surface area contributed by atoms with Crippen molar-refractivity contribution in [1.29, 1.82) is 0 Å². The van der Waals surface area contributed by atoms with Crippen molar-refractivity contribution in [2.75, 3.05) is 13.2 Å². The van der Waals surface area contributed by atoms with E-state index in [1.54, 1.807) is 18.7 Å². The van der Waals surface area contributed by atoms with Gasteiger partial charge in [-0.25, -0.2) is 0 Å². The molecule has 0 fully saturated rings. The highest BCUT2D eigenvalue weighted by Crippen LogP contribution is 2.24. The highest BCUT2D eigenvalue weighted by atomic mass is 32.2. The van der Waals surface area contributed by atoms with E-state index in [1.807, 2.05) is 0 Å². The lowest BCUT2D eigenvalue weighted by Gasteiger charge is -2.15. The zero-order valence-corrected chi connectivity index (χ0v) is 12.3. The molecule has 1 aliphatic heterocycles. The molecule has 108 valence electrons. The van der Waals surface area contributed by atoms with Gasteiger partial charge in [0, 0.05) is 18.2 Å². The molecule has 1 unspecified atom stereocenters. The second-order valence-corrected chi connectivity index (χ2v) is 5.73. The van der Waals surface area contributed by atoms with Crippen LogP contribution in [0.4, 0.5) is 0 Å². The van der Waals surface area contributed by atoms with E-state index in [4.69, 9.17) is 4.74 Å². The average molecular weight is 285 g/mol. The second-order valence-electron chi connectivity index (χ2n) is 4.52. The first kappa shape index (κ1) is 16.1. The largest absolute Gasteiger partial charge is 0.466 e. The fourth-order valence-electron chi connectivity index (χ4n) is 1.90. The maximum absolute atomic E-state index is 11.7. The third-order valence-corrected chi connectivity index (χ3v) is 4.02. The molecule has 0 saturated heterocycles. The molecule has 0 bridgehead atoms. The van der Waals surface area contributed by atoms with Crippen LogP contribution in [0.2, 0.25) is 0 Å². The molecular weight excluding hydrogens is 262 g/mol. The van der Waals surface area contributed by atoms with Gasteiger partial charge in [0.1, 0.15) is 0 Å². The van der Waals surface area contributed by atoms with Crippen LogP contribution in [0, 0.1) is 0 Å². The van der Waals surface area contributed by atoms with Crippen molar-refractivity contribution >= 4 is 23.6 Å². The van der Waals surface area contributed by atoms with Crippen molar-refractivity contribution < 1.29 is 14.3 Å². The summed E-state index contributed by atoms with van der Waals surface area (Å²) in [4.78, 5) is 22.9. The molecule has 0 aromatic heterocycles. The highest BCUT2D eigenvalue weighted by molar-refractivity contribution is 8.02. The molecule has 1 amide bonds. The van der Waals surface area contributed by atoms with Crippen LogP contribution in [0.3, 0.4) is 0 Å². The van der Waals surface area contributed by atoms with Crippen LogP contribution in [0.1, 0.15) is 45.4 Å². The van der Waals surface area contributed by atoms with Crippen molar-refractivity contribution in [2.24, 2.45) is 0 Å². The molecule has 5 heteroatoms. The summed E-state index contributed by atoms with van der Waals surface area (Å²) in [7, 11) is 0. The van der Waals surface area contributed by atoms with Gasteiger partial charge < -0.3 is 10.1 Å². The van der Waals surface area contributed by atoms with E-state index in [2.05, 4.69) is 16.8 Å². The zero-order chi connectivity index (χ0) is 13.9. The maximum Gasteiger partial charge on any atom is 0.307 e. The normalized spacial score (nSPS) is 21.0. The van der Waals surface area contributed by atoms with Crippen LogP contribution < -0.4 is 5.32 Å². The summed E-state index contributed by atoms with van der Waals surface area (Å²) < 4.78 is 4.80. The molecule has 1 N–H and O–H groups in total. The van der Waals surface area contributed by atoms with E-state index < -0.39 is 0 Å².